The minimum Gasteiger partial charge on any atom is -0.493 e. The maximum atomic E-state index is 13.9. The lowest BCUT2D eigenvalue weighted by atomic mass is 9.95. The number of benzene rings is 2. The highest BCUT2D eigenvalue weighted by Gasteiger charge is 2.16. The van der Waals surface area contributed by atoms with E-state index in [0.717, 1.165) is 5.56 Å². The van der Waals surface area contributed by atoms with Crippen molar-refractivity contribution >= 4 is 23.2 Å². The topological polar surface area (TPSA) is 30.5 Å². The van der Waals surface area contributed by atoms with Crippen LogP contribution in [0.1, 0.15) is 43.2 Å². The molecule has 146 valence electrons. The summed E-state index contributed by atoms with van der Waals surface area (Å²) < 4.78 is 25.1. The first-order valence-corrected chi connectivity index (χ1v) is 9.99. The SMILES string of the molecule is COc1cc(CNC2CCCCC2)c(Cl)cc1OCc1c(F)cccc1Cl. The number of rotatable bonds is 7. The van der Waals surface area contributed by atoms with Gasteiger partial charge in [-0.2, -0.15) is 0 Å². The zero-order valence-corrected chi connectivity index (χ0v) is 16.9. The van der Waals surface area contributed by atoms with Crippen LogP contribution < -0.4 is 14.8 Å². The molecule has 1 saturated carbocycles. The molecule has 0 aliphatic heterocycles. The van der Waals surface area contributed by atoms with Crippen molar-refractivity contribution in [1.82, 2.24) is 5.32 Å². The van der Waals surface area contributed by atoms with Crippen molar-refractivity contribution in [2.24, 2.45) is 0 Å². The summed E-state index contributed by atoms with van der Waals surface area (Å²) >= 11 is 12.5. The van der Waals surface area contributed by atoms with Gasteiger partial charge in [-0.05, 0) is 36.6 Å². The number of hydrogen-bond donors (Lipinski definition) is 1. The monoisotopic (exact) mass is 411 g/mol. The van der Waals surface area contributed by atoms with E-state index in [-0.39, 0.29) is 6.61 Å². The molecule has 1 fully saturated rings. The Morgan fingerprint density at radius 3 is 2.56 bits per heavy atom. The average molecular weight is 412 g/mol. The third-order valence-electron chi connectivity index (χ3n) is 4.95. The standard InChI is InChI=1S/C21H24Cl2FNO2/c1-26-20-10-14(12-25-15-6-3-2-4-7-15)18(23)11-21(20)27-13-16-17(22)8-5-9-19(16)24/h5,8-11,15,25H,2-4,6-7,12-13H2,1H3. The van der Waals surface area contributed by atoms with Crippen LogP contribution in [0.2, 0.25) is 10.0 Å². The highest BCUT2D eigenvalue weighted by Crippen LogP contribution is 2.35. The van der Waals surface area contributed by atoms with Crippen LogP contribution in [-0.4, -0.2) is 13.2 Å². The average Bonchev–Trinajstić information content (AvgIpc) is 2.67. The molecular weight excluding hydrogens is 388 g/mol. The Balaban J connectivity index is 1.69. The maximum absolute atomic E-state index is 13.9. The van der Waals surface area contributed by atoms with E-state index in [0.29, 0.717) is 39.7 Å². The normalized spacial score (nSPS) is 15.0. The van der Waals surface area contributed by atoms with E-state index in [1.807, 2.05) is 6.07 Å². The molecule has 0 heterocycles. The zero-order valence-electron chi connectivity index (χ0n) is 15.4. The molecule has 1 aliphatic rings. The minimum absolute atomic E-state index is 0.00212. The van der Waals surface area contributed by atoms with Crippen molar-refractivity contribution in [3.05, 3.63) is 57.3 Å². The van der Waals surface area contributed by atoms with Gasteiger partial charge in [0, 0.05) is 29.2 Å². The van der Waals surface area contributed by atoms with Gasteiger partial charge in [0.1, 0.15) is 12.4 Å². The van der Waals surface area contributed by atoms with Gasteiger partial charge in [0.2, 0.25) is 0 Å². The van der Waals surface area contributed by atoms with Gasteiger partial charge in [-0.1, -0.05) is 48.5 Å². The summed E-state index contributed by atoms with van der Waals surface area (Å²) in [6.07, 6.45) is 6.30. The first-order valence-electron chi connectivity index (χ1n) is 9.24. The zero-order chi connectivity index (χ0) is 19.2. The van der Waals surface area contributed by atoms with Crippen LogP contribution in [0.25, 0.3) is 0 Å². The minimum atomic E-state index is -0.402. The van der Waals surface area contributed by atoms with Gasteiger partial charge in [0.15, 0.2) is 11.5 Å². The summed E-state index contributed by atoms with van der Waals surface area (Å²) in [7, 11) is 1.57. The van der Waals surface area contributed by atoms with Crippen LogP contribution in [0.15, 0.2) is 30.3 Å². The predicted molar refractivity (Wildman–Crippen MR) is 107 cm³/mol. The van der Waals surface area contributed by atoms with Gasteiger partial charge in [-0.3, -0.25) is 0 Å². The molecule has 27 heavy (non-hydrogen) atoms. The third-order valence-corrected chi connectivity index (χ3v) is 5.66. The fourth-order valence-electron chi connectivity index (χ4n) is 3.37. The van der Waals surface area contributed by atoms with Crippen LogP contribution in [0.4, 0.5) is 4.39 Å². The first kappa shape index (κ1) is 20.2. The molecule has 0 radical (unpaired) electrons. The third kappa shape index (κ3) is 5.28. The first-order chi connectivity index (χ1) is 13.1. The second kappa shape index (κ2) is 9.63. The summed E-state index contributed by atoms with van der Waals surface area (Å²) in [5.41, 5.74) is 1.26. The van der Waals surface area contributed by atoms with E-state index < -0.39 is 5.82 Å². The van der Waals surface area contributed by atoms with Crippen LogP contribution in [-0.2, 0) is 13.2 Å². The highest BCUT2D eigenvalue weighted by molar-refractivity contribution is 6.31. The van der Waals surface area contributed by atoms with Crippen molar-refractivity contribution in [3.8, 4) is 11.5 Å². The lowest BCUT2D eigenvalue weighted by molar-refractivity contribution is 0.279. The Hall–Kier alpha value is -1.49. The number of nitrogens with one attached hydrogen (secondary N) is 1. The second-order valence-electron chi connectivity index (χ2n) is 6.80. The molecular formula is C21H24Cl2FNO2. The number of halogens is 3. The Morgan fingerprint density at radius 2 is 1.85 bits per heavy atom. The summed E-state index contributed by atoms with van der Waals surface area (Å²) in [5, 5.41) is 4.49. The van der Waals surface area contributed by atoms with Gasteiger partial charge < -0.3 is 14.8 Å². The molecule has 0 unspecified atom stereocenters. The Labute approximate surface area is 169 Å². The Kier molecular flexibility index (Phi) is 7.22. The summed E-state index contributed by atoms with van der Waals surface area (Å²) in [4.78, 5) is 0. The Morgan fingerprint density at radius 1 is 1.07 bits per heavy atom. The molecule has 3 nitrogen and oxygen atoms in total. The summed E-state index contributed by atoms with van der Waals surface area (Å²) in [6, 6.07) is 8.68. The maximum Gasteiger partial charge on any atom is 0.163 e. The largest absolute Gasteiger partial charge is 0.493 e. The van der Waals surface area contributed by atoms with Gasteiger partial charge in [-0.25, -0.2) is 4.39 Å². The van der Waals surface area contributed by atoms with Crippen LogP contribution in [0.3, 0.4) is 0 Å². The molecule has 3 rings (SSSR count). The quantitative estimate of drug-likeness (QED) is 0.592. The molecule has 0 bridgehead atoms. The van der Waals surface area contributed by atoms with Crippen molar-refractivity contribution in [2.45, 2.75) is 51.3 Å². The van der Waals surface area contributed by atoms with Crippen LogP contribution >= 0.6 is 23.2 Å². The number of ether oxygens (including phenoxy) is 2. The highest BCUT2D eigenvalue weighted by atomic mass is 35.5. The molecule has 0 amide bonds. The Bertz CT molecular complexity index is 759. The fraction of sp³-hybridized carbons (Fsp3) is 0.429. The predicted octanol–water partition coefficient (Wildman–Crippen LogP) is 6.14. The second-order valence-corrected chi connectivity index (χ2v) is 7.61. The van der Waals surface area contributed by atoms with Gasteiger partial charge in [-0.15, -0.1) is 0 Å². The van der Waals surface area contributed by atoms with Crippen molar-refractivity contribution < 1.29 is 13.9 Å². The lowest BCUT2D eigenvalue weighted by Crippen LogP contribution is -2.30. The van der Waals surface area contributed by atoms with Crippen molar-refractivity contribution in [1.29, 1.82) is 0 Å². The molecule has 0 saturated heterocycles. The van der Waals surface area contributed by atoms with E-state index in [9.17, 15) is 4.39 Å². The van der Waals surface area contributed by atoms with Crippen LogP contribution in [0, 0.1) is 5.82 Å². The molecule has 2 aromatic carbocycles. The smallest absolute Gasteiger partial charge is 0.163 e. The molecule has 6 heteroatoms. The molecule has 0 aromatic heterocycles. The van der Waals surface area contributed by atoms with E-state index in [1.165, 1.54) is 38.2 Å². The van der Waals surface area contributed by atoms with E-state index in [1.54, 1.807) is 25.3 Å². The fourth-order valence-corrected chi connectivity index (χ4v) is 3.80. The lowest BCUT2D eigenvalue weighted by Gasteiger charge is -2.23. The summed E-state index contributed by atoms with van der Waals surface area (Å²) in [6.45, 7) is 0.678. The van der Waals surface area contributed by atoms with E-state index in [4.69, 9.17) is 32.7 Å². The molecule has 0 spiro atoms. The number of hydrogen-bond acceptors (Lipinski definition) is 3. The van der Waals surface area contributed by atoms with Crippen molar-refractivity contribution in [2.75, 3.05) is 7.11 Å². The molecule has 1 aliphatic carbocycles. The summed E-state index contributed by atoms with van der Waals surface area (Å²) in [5.74, 6) is 0.622. The van der Waals surface area contributed by atoms with E-state index >= 15 is 0 Å². The molecule has 1 N–H and O–H groups in total. The van der Waals surface area contributed by atoms with Gasteiger partial charge in [0.05, 0.1) is 12.1 Å². The van der Waals surface area contributed by atoms with Gasteiger partial charge in [0.25, 0.3) is 0 Å². The van der Waals surface area contributed by atoms with Crippen molar-refractivity contribution in [3.63, 3.8) is 0 Å². The van der Waals surface area contributed by atoms with E-state index in [2.05, 4.69) is 5.32 Å². The van der Waals surface area contributed by atoms with Gasteiger partial charge >= 0.3 is 0 Å². The number of methoxy groups -OCH3 is 1. The molecule has 0 atom stereocenters. The van der Waals surface area contributed by atoms with Crippen LogP contribution in [0.5, 0.6) is 11.5 Å². The molecule has 2 aromatic rings.